The molecular weight excluding hydrogens is 499 g/mol. The predicted molar refractivity (Wildman–Crippen MR) is 136 cm³/mol. The van der Waals surface area contributed by atoms with Gasteiger partial charge in [0.05, 0.1) is 16.3 Å². The third-order valence-corrected chi connectivity index (χ3v) is 4.44. The Balaban J connectivity index is 0.00000117. The van der Waals surface area contributed by atoms with Crippen LogP contribution < -0.4 is 16.4 Å². The minimum Gasteiger partial charge on any atom is -0.403 e. The molecule has 0 aliphatic carbocycles. The van der Waals surface area contributed by atoms with Crippen LogP contribution in [0.25, 0.3) is 0 Å². The third-order valence-electron chi connectivity index (χ3n) is 4.19. The topological polar surface area (TPSA) is 122 Å². The number of nitrogens with two attached hydrogens (primary N) is 1. The van der Waals surface area contributed by atoms with E-state index in [1.165, 1.54) is 26.2 Å². The number of nitrogens with zero attached hydrogens (tertiary/aromatic N) is 2. The van der Waals surface area contributed by atoms with Gasteiger partial charge in [0, 0.05) is 19.3 Å². The molecule has 2 aromatic rings. The van der Waals surface area contributed by atoms with Crippen LogP contribution in [0.5, 0.6) is 0 Å². The summed E-state index contributed by atoms with van der Waals surface area (Å²) in [7, 11) is 1.22. The minimum absolute atomic E-state index is 0.0833. The molecular formula is C24H33ClF3N5O3. The highest BCUT2D eigenvalue weighted by Crippen LogP contribution is 2.29. The van der Waals surface area contributed by atoms with Gasteiger partial charge in [0.1, 0.15) is 11.9 Å². The zero-order valence-corrected chi connectivity index (χ0v) is 22.0. The number of hydrogen-bond donors (Lipinski definition) is 4. The first-order valence-corrected chi connectivity index (χ1v) is 11.3. The van der Waals surface area contributed by atoms with Crippen molar-refractivity contribution in [3.05, 3.63) is 69.7 Å². The summed E-state index contributed by atoms with van der Waals surface area (Å²) in [5.41, 5.74) is 5.00. The number of aliphatic hydroxyl groups excluding tert-OH is 1. The Morgan fingerprint density at radius 2 is 1.78 bits per heavy atom. The Labute approximate surface area is 214 Å². The van der Waals surface area contributed by atoms with E-state index in [-0.39, 0.29) is 16.9 Å². The number of allylic oxidation sites excluding steroid dienone is 3. The van der Waals surface area contributed by atoms with Crippen molar-refractivity contribution in [2.24, 2.45) is 12.8 Å². The van der Waals surface area contributed by atoms with E-state index in [1.54, 1.807) is 26.0 Å². The molecule has 0 saturated carbocycles. The number of halogens is 4. The first-order chi connectivity index (χ1) is 16.7. The van der Waals surface area contributed by atoms with E-state index in [0.29, 0.717) is 16.7 Å². The summed E-state index contributed by atoms with van der Waals surface area (Å²) in [4.78, 5) is 24.8. The summed E-state index contributed by atoms with van der Waals surface area (Å²) in [5.74, 6) is -1.48. The first kappa shape index (κ1) is 32.7. The van der Waals surface area contributed by atoms with E-state index in [0.717, 1.165) is 10.2 Å². The van der Waals surface area contributed by atoms with Crippen molar-refractivity contribution in [1.29, 1.82) is 0 Å². The van der Waals surface area contributed by atoms with Gasteiger partial charge in [-0.15, -0.1) is 0 Å². The fraction of sp³-hybridized carbons (Fsp3) is 0.375. The van der Waals surface area contributed by atoms with E-state index in [4.69, 9.17) is 17.3 Å². The van der Waals surface area contributed by atoms with Crippen LogP contribution in [-0.2, 0) is 13.2 Å². The van der Waals surface area contributed by atoms with Crippen LogP contribution >= 0.6 is 11.6 Å². The van der Waals surface area contributed by atoms with Gasteiger partial charge in [-0.25, -0.2) is 0 Å². The van der Waals surface area contributed by atoms with Crippen LogP contribution in [0.3, 0.4) is 0 Å². The monoisotopic (exact) mass is 531 g/mol. The maximum Gasteiger partial charge on any atom is 0.435 e. The van der Waals surface area contributed by atoms with E-state index in [1.807, 2.05) is 26.8 Å². The number of aryl methyl sites for hydroxylation is 3. The Morgan fingerprint density at radius 3 is 2.19 bits per heavy atom. The van der Waals surface area contributed by atoms with Crippen LogP contribution in [-0.4, -0.2) is 32.9 Å². The van der Waals surface area contributed by atoms with Gasteiger partial charge >= 0.3 is 6.18 Å². The lowest BCUT2D eigenvalue weighted by atomic mass is 10.0. The number of alkyl halides is 3. The molecule has 0 fully saturated rings. The molecule has 0 bridgehead atoms. The molecule has 5 N–H and O–H groups in total. The van der Waals surface area contributed by atoms with Crippen molar-refractivity contribution in [3.63, 3.8) is 0 Å². The number of anilines is 1. The summed E-state index contributed by atoms with van der Waals surface area (Å²) < 4.78 is 39.2. The molecule has 1 atom stereocenters. The normalized spacial score (nSPS) is 12.2. The molecule has 1 heterocycles. The predicted octanol–water partition coefficient (Wildman–Crippen LogP) is 5.00. The van der Waals surface area contributed by atoms with Crippen molar-refractivity contribution >= 4 is 29.1 Å². The molecule has 0 saturated heterocycles. The summed E-state index contributed by atoms with van der Waals surface area (Å²) >= 11 is 5.41. The van der Waals surface area contributed by atoms with E-state index < -0.39 is 29.9 Å². The number of hydrogen-bond acceptors (Lipinski definition) is 5. The van der Waals surface area contributed by atoms with Gasteiger partial charge in [0.15, 0.2) is 5.69 Å². The number of rotatable bonds is 5. The third kappa shape index (κ3) is 10.1. The molecule has 2 amide bonds. The second-order valence-electron chi connectivity index (χ2n) is 7.20. The van der Waals surface area contributed by atoms with Crippen molar-refractivity contribution in [2.45, 2.75) is 53.9 Å². The zero-order chi connectivity index (χ0) is 28.2. The average molecular weight is 532 g/mol. The van der Waals surface area contributed by atoms with E-state index in [9.17, 15) is 27.9 Å². The minimum atomic E-state index is -4.68. The second-order valence-corrected chi connectivity index (χ2v) is 7.63. The number of nitrogens with one attached hydrogen (secondary N) is 2. The fourth-order valence-electron chi connectivity index (χ4n) is 2.79. The maximum absolute atomic E-state index is 12.8. The molecule has 12 heteroatoms. The zero-order valence-electron chi connectivity index (χ0n) is 21.3. The molecule has 0 spiro atoms. The van der Waals surface area contributed by atoms with Gasteiger partial charge in [-0.3, -0.25) is 14.3 Å². The van der Waals surface area contributed by atoms with Crippen LogP contribution in [0.4, 0.5) is 18.9 Å². The molecule has 0 aliphatic heterocycles. The largest absolute Gasteiger partial charge is 0.435 e. The number of amides is 2. The number of carbonyl (C=O) groups excluding carboxylic acids is 2. The van der Waals surface area contributed by atoms with Crippen LogP contribution in [0, 0.1) is 13.8 Å². The highest BCUT2D eigenvalue weighted by atomic mass is 35.5. The van der Waals surface area contributed by atoms with Crippen molar-refractivity contribution in [1.82, 2.24) is 15.1 Å². The van der Waals surface area contributed by atoms with E-state index >= 15 is 0 Å². The number of aliphatic hydroxyl groups is 1. The van der Waals surface area contributed by atoms with Gasteiger partial charge in [-0.05, 0) is 51.0 Å². The van der Waals surface area contributed by atoms with Crippen LogP contribution in [0.1, 0.15) is 65.4 Å². The summed E-state index contributed by atoms with van der Waals surface area (Å²) in [6.07, 6.45) is -0.902. The maximum atomic E-state index is 12.8. The molecule has 2 rings (SSSR count). The molecule has 8 nitrogen and oxygen atoms in total. The van der Waals surface area contributed by atoms with E-state index in [2.05, 4.69) is 15.7 Å². The Morgan fingerprint density at radius 1 is 1.19 bits per heavy atom. The highest BCUT2D eigenvalue weighted by molar-refractivity contribution is 6.31. The van der Waals surface area contributed by atoms with Gasteiger partial charge in [0.25, 0.3) is 11.8 Å². The van der Waals surface area contributed by atoms with Crippen molar-refractivity contribution < 1.29 is 27.9 Å². The average Bonchev–Trinajstić information content (AvgIpc) is 3.19. The molecule has 0 radical (unpaired) electrons. The van der Waals surface area contributed by atoms with Crippen molar-refractivity contribution in [2.75, 3.05) is 5.32 Å². The molecule has 1 unspecified atom stereocenters. The van der Waals surface area contributed by atoms with Gasteiger partial charge in [0.2, 0.25) is 0 Å². The Bertz CT molecular complexity index is 1090. The lowest BCUT2D eigenvalue weighted by Crippen LogP contribution is -2.33. The van der Waals surface area contributed by atoms with Gasteiger partial charge < -0.3 is 21.5 Å². The second kappa shape index (κ2) is 14.9. The lowest BCUT2D eigenvalue weighted by molar-refractivity contribution is -0.141. The standard InChI is InChI=1S/C17H19F3N4O3.C5H8ClN.C2H6/c1-8-5-9(2)14(11(6-8)15(26)21-10(3)25)22-16(27)12-7-13(17(18,19)20)23-24(12)4;1-2-3-5(6)4-7;1-2/h5-7,10,25H,1-4H3,(H,21,26)(H,22,27);2-4H,7H2,1H3;1-2H3/b;3-2-,5-4+;. The Kier molecular flexibility index (Phi) is 13.6. The van der Waals surface area contributed by atoms with Gasteiger partial charge in [-0.2, -0.15) is 18.3 Å². The lowest BCUT2D eigenvalue weighted by Gasteiger charge is -2.16. The molecule has 1 aromatic heterocycles. The van der Waals surface area contributed by atoms with Crippen LogP contribution in [0.2, 0.25) is 0 Å². The summed E-state index contributed by atoms with van der Waals surface area (Å²) in [5, 5.41) is 18.0. The van der Waals surface area contributed by atoms with Crippen molar-refractivity contribution in [3.8, 4) is 0 Å². The molecule has 1 aromatic carbocycles. The highest BCUT2D eigenvalue weighted by Gasteiger charge is 2.35. The van der Waals surface area contributed by atoms with Gasteiger partial charge in [-0.1, -0.05) is 37.6 Å². The quantitative estimate of drug-likeness (QED) is 0.319. The smallest absolute Gasteiger partial charge is 0.403 e. The summed E-state index contributed by atoms with van der Waals surface area (Å²) in [6.45, 7) is 10.6. The number of carbonyl (C=O) groups is 2. The molecule has 200 valence electrons. The van der Waals surface area contributed by atoms with Crippen LogP contribution in [0.15, 0.2) is 41.6 Å². The SMILES string of the molecule is C/C=C\C(Cl)=C/N.CC.Cc1cc(C)c(NC(=O)c2cc(C(F)(F)F)nn2C)c(C(=O)NC(C)O)c1. The summed E-state index contributed by atoms with van der Waals surface area (Å²) in [6, 6.07) is 3.85. The number of aromatic nitrogens is 2. The fourth-order valence-corrected chi connectivity index (χ4v) is 2.92. The molecule has 36 heavy (non-hydrogen) atoms. The first-order valence-electron chi connectivity index (χ1n) is 10.9. The Hall–Kier alpha value is -3.31. The molecule has 0 aliphatic rings. The number of benzene rings is 1.